The lowest BCUT2D eigenvalue weighted by Gasteiger charge is -2.01. The van der Waals surface area contributed by atoms with Gasteiger partial charge < -0.3 is 0 Å². The first-order valence-corrected chi connectivity index (χ1v) is 5.41. The summed E-state index contributed by atoms with van der Waals surface area (Å²) in [6, 6.07) is 3.31. The fraction of sp³-hybridized carbons (Fsp3) is 0.333. The van der Waals surface area contributed by atoms with E-state index in [0.717, 1.165) is 6.07 Å². The van der Waals surface area contributed by atoms with Gasteiger partial charge in [-0.15, -0.1) is 0 Å². The van der Waals surface area contributed by atoms with Gasteiger partial charge in [-0.25, -0.2) is 8.78 Å². The molecule has 0 saturated carbocycles. The van der Waals surface area contributed by atoms with Gasteiger partial charge in [-0.3, -0.25) is 4.21 Å². The molecule has 1 nitrogen and oxygen atoms in total. The van der Waals surface area contributed by atoms with Crippen molar-refractivity contribution in [3.8, 4) is 0 Å². The Labute approximate surface area is 78.2 Å². The Bertz CT molecular complexity index is 325. The zero-order valence-electron chi connectivity index (χ0n) is 7.22. The van der Waals surface area contributed by atoms with Crippen molar-refractivity contribution < 1.29 is 13.0 Å². The minimum Gasteiger partial charge on any atom is -0.259 e. The van der Waals surface area contributed by atoms with Crippen LogP contribution in [0.25, 0.3) is 0 Å². The van der Waals surface area contributed by atoms with E-state index in [1.165, 1.54) is 12.1 Å². The molecule has 0 aliphatic heterocycles. The maximum Gasteiger partial charge on any atom is 0.130 e. The van der Waals surface area contributed by atoms with E-state index in [2.05, 4.69) is 0 Å². The molecule has 1 aromatic rings. The molecule has 0 radical (unpaired) electrons. The van der Waals surface area contributed by atoms with Gasteiger partial charge in [0.05, 0.1) is 5.75 Å². The second kappa shape index (κ2) is 4.46. The molecule has 0 aliphatic carbocycles. The van der Waals surface area contributed by atoms with Crippen LogP contribution in [-0.4, -0.2) is 9.96 Å². The molecule has 0 aliphatic rings. The van der Waals surface area contributed by atoms with Crippen molar-refractivity contribution in [3.63, 3.8) is 0 Å². The standard InChI is InChI=1S/C9H10F2OS/c1-2-13(12)6-7-3-4-8(10)5-9(7)11/h3-5H,2,6H2,1H3. The van der Waals surface area contributed by atoms with Crippen LogP contribution in [0.4, 0.5) is 8.78 Å². The van der Waals surface area contributed by atoms with E-state index < -0.39 is 22.4 Å². The van der Waals surface area contributed by atoms with E-state index in [-0.39, 0.29) is 5.75 Å². The van der Waals surface area contributed by atoms with Crippen LogP contribution in [-0.2, 0) is 16.6 Å². The van der Waals surface area contributed by atoms with Crippen molar-refractivity contribution >= 4 is 10.8 Å². The van der Waals surface area contributed by atoms with Crippen molar-refractivity contribution in [1.82, 2.24) is 0 Å². The smallest absolute Gasteiger partial charge is 0.130 e. The van der Waals surface area contributed by atoms with Crippen LogP contribution < -0.4 is 0 Å². The van der Waals surface area contributed by atoms with Crippen LogP contribution in [0.5, 0.6) is 0 Å². The first kappa shape index (κ1) is 10.3. The normalized spacial score (nSPS) is 12.8. The summed E-state index contributed by atoms with van der Waals surface area (Å²) in [6.45, 7) is 1.76. The van der Waals surface area contributed by atoms with Crippen LogP contribution in [0.3, 0.4) is 0 Å². The molecule has 1 atom stereocenters. The number of benzene rings is 1. The van der Waals surface area contributed by atoms with Crippen molar-refractivity contribution in [1.29, 1.82) is 0 Å². The summed E-state index contributed by atoms with van der Waals surface area (Å²) in [5, 5.41) is 0. The molecule has 1 aromatic carbocycles. The van der Waals surface area contributed by atoms with Crippen molar-refractivity contribution in [2.75, 3.05) is 5.75 Å². The van der Waals surface area contributed by atoms with E-state index >= 15 is 0 Å². The first-order valence-electron chi connectivity index (χ1n) is 3.92. The predicted octanol–water partition coefficient (Wildman–Crippen LogP) is 2.23. The molecule has 0 N–H and O–H groups in total. The number of hydrogen-bond donors (Lipinski definition) is 0. The third-order valence-electron chi connectivity index (χ3n) is 1.65. The monoisotopic (exact) mass is 204 g/mol. The SMILES string of the molecule is CCS(=O)Cc1ccc(F)cc1F. The summed E-state index contributed by atoms with van der Waals surface area (Å²) < 4.78 is 36.5. The minimum atomic E-state index is -1.06. The fourth-order valence-corrected chi connectivity index (χ4v) is 1.70. The molecule has 0 fully saturated rings. The highest BCUT2D eigenvalue weighted by molar-refractivity contribution is 7.84. The lowest BCUT2D eigenvalue weighted by molar-refractivity contribution is 0.576. The third kappa shape index (κ3) is 2.88. The van der Waals surface area contributed by atoms with Gasteiger partial charge in [-0.05, 0) is 6.07 Å². The summed E-state index contributed by atoms with van der Waals surface area (Å²) in [5.41, 5.74) is 0.307. The molecule has 0 heterocycles. The van der Waals surface area contributed by atoms with Crippen LogP contribution >= 0.6 is 0 Å². The largest absolute Gasteiger partial charge is 0.259 e. The molecule has 1 rings (SSSR count). The lowest BCUT2D eigenvalue weighted by Crippen LogP contribution is -2.00. The second-order valence-corrected chi connectivity index (χ2v) is 4.35. The molecule has 4 heteroatoms. The van der Waals surface area contributed by atoms with Crippen LogP contribution in [0.1, 0.15) is 12.5 Å². The van der Waals surface area contributed by atoms with E-state index in [0.29, 0.717) is 11.3 Å². The van der Waals surface area contributed by atoms with Gasteiger partial charge in [0.2, 0.25) is 0 Å². The van der Waals surface area contributed by atoms with Crippen molar-refractivity contribution in [2.45, 2.75) is 12.7 Å². The molecule has 72 valence electrons. The molecule has 13 heavy (non-hydrogen) atoms. The highest BCUT2D eigenvalue weighted by atomic mass is 32.2. The minimum absolute atomic E-state index is 0.155. The van der Waals surface area contributed by atoms with E-state index in [4.69, 9.17) is 0 Å². The predicted molar refractivity (Wildman–Crippen MR) is 48.7 cm³/mol. The Morgan fingerprint density at radius 2 is 2.08 bits per heavy atom. The zero-order chi connectivity index (χ0) is 9.84. The Balaban J connectivity index is 2.83. The second-order valence-electron chi connectivity index (χ2n) is 2.61. The molecular weight excluding hydrogens is 194 g/mol. The summed E-state index contributed by atoms with van der Waals surface area (Å²) in [7, 11) is -1.06. The maximum absolute atomic E-state index is 13.0. The van der Waals surface area contributed by atoms with Gasteiger partial charge in [0.15, 0.2) is 0 Å². The third-order valence-corrected chi connectivity index (χ3v) is 2.93. The van der Waals surface area contributed by atoms with Crippen molar-refractivity contribution in [3.05, 3.63) is 35.4 Å². The van der Waals surface area contributed by atoms with Crippen LogP contribution in [0, 0.1) is 11.6 Å². The quantitative estimate of drug-likeness (QED) is 0.738. The van der Waals surface area contributed by atoms with Crippen LogP contribution in [0.15, 0.2) is 18.2 Å². The average molecular weight is 204 g/mol. The van der Waals surface area contributed by atoms with Crippen molar-refractivity contribution in [2.24, 2.45) is 0 Å². The van der Waals surface area contributed by atoms with Gasteiger partial charge in [-0.2, -0.15) is 0 Å². The number of rotatable bonds is 3. The van der Waals surface area contributed by atoms with E-state index in [1.54, 1.807) is 6.92 Å². The van der Waals surface area contributed by atoms with Gasteiger partial charge in [0, 0.05) is 28.2 Å². The van der Waals surface area contributed by atoms with E-state index in [1.807, 2.05) is 0 Å². The molecule has 0 bridgehead atoms. The Hall–Kier alpha value is -0.770. The highest BCUT2D eigenvalue weighted by Crippen LogP contribution is 2.11. The summed E-state index contributed by atoms with van der Waals surface area (Å²) >= 11 is 0. The average Bonchev–Trinajstić information content (AvgIpc) is 2.09. The molecule has 0 spiro atoms. The zero-order valence-corrected chi connectivity index (χ0v) is 8.04. The molecule has 0 amide bonds. The number of hydrogen-bond acceptors (Lipinski definition) is 1. The first-order chi connectivity index (χ1) is 6.13. The lowest BCUT2D eigenvalue weighted by atomic mass is 10.2. The number of halogens is 2. The molecular formula is C9H10F2OS. The highest BCUT2D eigenvalue weighted by Gasteiger charge is 2.06. The summed E-state index contributed by atoms with van der Waals surface area (Å²) in [4.78, 5) is 0. The van der Waals surface area contributed by atoms with Gasteiger partial charge in [-0.1, -0.05) is 13.0 Å². The Kier molecular flexibility index (Phi) is 3.54. The van der Waals surface area contributed by atoms with E-state index in [9.17, 15) is 13.0 Å². The van der Waals surface area contributed by atoms with Gasteiger partial charge >= 0.3 is 0 Å². The maximum atomic E-state index is 13.0. The molecule has 1 unspecified atom stereocenters. The topological polar surface area (TPSA) is 17.1 Å². The van der Waals surface area contributed by atoms with Gasteiger partial charge in [0.25, 0.3) is 0 Å². The summed E-state index contributed by atoms with van der Waals surface area (Å²) in [5.74, 6) is -0.593. The molecule has 0 aromatic heterocycles. The Morgan fingerprint density at radius 3 is 2.62 bits per heavy atom. The summed E-state index contributed by atoms with van der Waals surface area (Å²) in [6.07, 6.45) is 0. The van der Waals surface area contributed by atoms with Gasteiger partial charge in [0.1, 0.15) is 11.6 Å². The Morgan fingerprint density at radius 1 is 1.38 bits per heavy atom. The molecule has 0 saturated heterocycles. The van der Waals surface area contributed by atoms with Crippen LogP contribution in [0.2, 0.25) is 0 Å². The fourth-order valence-electron chi connectivity index (χ4n) is 0.914.